The van der Waals surface area contributed by atoms with E-state index in [1.165, 1.54) is 22.9 Å². The molecule has 1 aromatic carbocycles. The van der Waals surface area contributed by atoms with Gasteiger partial charge in [-0.05, 0) is 18.1 Å². The van der Waals surface area contributed by atoms with E-state index in [2.05, 4.69) is 9.97 Å². The second-order valence-electron chi connectivity index (χ2n) is 6.72. The van der Waals surface area contributed by atoms with E-state index in [0.717, 1.165) is 0 Å². The molecule has 1 aromatic heterocycles. The molecule has 2 aromatic rings. The average Bonchev–Trinajstić information content (AvgIpc) is 3.11. The molecule has 2 aliphatic rings. The van der Waals surface area contributed by atoms with E-state index in [9.17, 15) is 28.4 Å². The van der Waals surface area contributed by atoms with Gasteiger partial charge in [-0.2, -0.15) is 4.31 Å². The predicted molar refractivity (Wildman–Crippen MR) is 94.5 cm³/mol. The van der Waals surface area contributed by atoms with Crippen molar-refractivity contribution in [1.82, 2.24) is 14.3 Å². The Bertz CT molecular complexity index is 1020. The number of aromatic nitrogens is 2. The van der Waals surface area contributed by atoms with Crippen molar-refractivity contribution in [3.63, 3.8) is 0 Å². The second-order valence-corrected chi connectivity index (χ2v) is 8.63. The number of carboxylic acid groups (broad SMARTS) is 1. The van der Waals surface area contributed by atoms with Gasteiger partial charge in [-0.3, -0.25) is 0 Å². The zero-order valence-corrected chi connectivity index (χ0v) is 15.3. The Kier molecular flexibility index (Phi) is 4.34. The van der Waals surface area contributed by atoms with Crippen LogP contribution in [0.25, 0.3) is 0 Å². The third kappa shape index (κ3) is 3.22. The van der Waals surface area contributed by atoms with Crippen LogP contribution < -0.4 is 9.39 Å². The first-order valence-corrected chi connectivity index (χ1v) is 9.95. The van der Waals surface area contributed by atoms with Crippen molar-refractivity contribution >= 4 is 22.7 Å². The lowest BCUT2D eigenvalue weighted by molar-refractivity contribution is 0.0630. The van der Waals surface area contributed by atoms with Gasteiger partial charge in [0, 0.05) is 0 Å². The molecular weight excluding hydrogens is 393 g/mol. The molecule has 0 radical (unpaired) electrons. The van der Waals surface area contributed by atoms with Crippen molar-refractivity contribution < 1.29 is 37.8 Å². The van der Waals surface area contributed by atoms with Gasteiger partial charge < -0.3 is 29.5 Å². The molecule has 1 fully saturated rings. The molecule has 2 aliphatic heterocycles. The summed E-state index contributed by atoms with van der Waals surface area (Å²) in [7, 11) is -3.71. The number of nitrogens with one attached hydrogen (secondary N) is 1. The predicted octanol–water partition coefficient (Wildman–Crippen LogP) is -0.582. The molecule has 0 spiro atoms. The van der Waals surface area contributed by atoms with Gasteiger partial charge in [-0.15, -0.1) is 0 Å². The minimum atomic E-state index is -3.71. The normalized spacial score (nSPS) is 19.4. The van der Waals surface area contributed by atoms with Gasteiger partial charge in [0.25, 0.3) is 10.0 Å². The van der Waals surface area contributed by atoms with E-state index in [1.807, 2.05) is 0 Å². The lowest BCUT2D eigenvalue weighted by atomic mass is 9.70. The van der Waals surface area contributed by atoms with E-state index < -0.39 is 28.9 Å². The van der Waals surface area contributed by atoms with Gasteiger partial charge in [-0.1, -0.05) is 12.4 Å². The van der Waals surface area contributed by atoms with Crippen LogP contribution in [-0.2, 0) is 16.4 Å². The van der Waals surface area contributed by atoms with Crippen LogP contribution in [0.3, 0.4) is 0 Å². The Morgan fingerprint density at radius 2 is 2.11 bits per heavy atom. The van der Waals surface area contributed by atoms with Crippen LogP contribution in [0.15, 0.2) is 29.7 Å². The zero-order valence-electron chi connectivity index (χ0n) is 14.5. The fourth-order valence-electron chi connectivity index (χ4n) is 3.21. The number of ether oxygens (including phenoxy) is 1. The van der Waals surface area contributed by atoms with Crippen LogP contribution in [-0.4, -0.2) is 69.8 Å². The van der Waals surface area contributed by atoms with Crippen molar-refractivity contribution in [2.75, 3.05) is 13.1 Å². The highest BCUT2D eigenvalue weighted by molar-refractivity contribution is 7.89. The molecule has 0 atom stereocenters. The molecule has 0 saturated carbocycles. The van der Waals surface area contributed by atoms with Gasteiger partial charge in [0.2, 0.25) is 0 Å². The first-order chi connectivity index (χ1) is 13.2. The molecule has 4 rings (SSSR count). The summed E-state index contributed by atoms with van der Waals surface area (Å²) in [5.41, 5.74) is 0.212. The van der Waals surface area contributed by atoms with Gasteiger partial charge in [0.05, 0.1) is 31.4 Å². The first-order valence-electron chi connectivity index (χ1n) is 8.51. The quantitative estimate of drug-likeness (QED) is 0.472. The Balaban J connectivity index is 1.53. The number of imidazole rings is 1. The number of fused-ring (bicyclic) bond motifs is 1. The van der Waals surface area contributed by atoms with Crippen LogP contribution in [0.1, 0.15) is 15.9 Å². The maximum absolute atomic E-state index is 12.3. The summed E-state index contributed by atoms with van der Waals surface area (Å²) < 4.78 is 36.6. The van der Waals surface area contributed by atoms with E-state index in [-0.39, 0.29) is 47.9 Å². The van der Waals surface area contributed by atoms with Crippen LogP contribution in [0, 0.1) is 0 Å². The van der Waals surface area contributed by atoms with Crippen molar-refractivity contribution in [1.29, 1.82) is 0 Å². The number of benzene rings is 1. The number of aryl methyl sites for hydroxylation is 1. The number of sulfonamides is 1. The summed E-state index contributed by atoms with van der Waals surface area (Å²) in [6.45, 7) is -3.06. The summed E-state index contributed by atoms with van der Waals surface area (Å²) >= 11 is 0. The molecule has 11 nitrogen and oxygen atoms in total. The highest BCUT2D eigenvalue weighted by Crippen LogP contribution is 2.39. The van der Waals surface area contributed by atoms with E-state index in [0.29, 0.717) is 5.56 Å². The smallest absolute Gasteiger partial charge is 0.430 e. The fourth-order valence-corrected chi connectivity index (χ4v) is 4.60. The Morgan fingerprint density at radius 3 is 2.75 bits per heavy atom. The standard InChI is InChI=1S/C15H17BN3O8S/c20-15(21)13-11(2-1-9-3-4-16(22,23)27-14(9)13)26-10-6-19(7-10)28(24,25)12-5-17-8-18-12/h1-2,5,8,10,22-23H,3-4,6-7H2,(H,17,18)(H,20,21)/q-1. The summed E-state index contributed by atoms with van der Waals surface area (Å²) in [6, 6.07) is 3.06. The lowest BCUT2D eigenvalue weighted by Crippen LogP contribution is -2.56. The van der Waals surface area contributed by atoms with Crippen molar-refractivity contribution in [2.24, 2.45) is 0 Å². The molecule has 1 saturated heterocycles. The first kappa shape index (κ1) is 18.7. The Labute approximate surface area is 159 Å². The molecule has 0 bridgehead atoms. The second kappa shape index (κ2) is 6.48. The highest BCUT2D eigenvalue weighted by atomic mass is 32.2. The van der Waals surface area contributed by atoms with Crippen molar-refractivity contribution in [2.45, 2.75) is 23.9 Å². The SMILES string of the molecule is O=C(O)c1c(OC2CN(S(=O)(=O)c3cnc[nH]3)C2)ccc2c1O[B-](O)(O)CC2. The molecule has 3 heterocycles. The third-order valence-electron chi connectivity index (χ3n) is 4.71. The zero-order chi connectivity index (χ0) is 20.1. The van der Waals surface area contributed by atoms with Crippen LogP contribution in [0.4, 0.5) is 0 Å². The number of carbonyl (C=O) groups is 1. The minimum absolute atomic E-state index is 0.0247. The molecular formula is C15H17BN3O8S-. The van der Waals surface area contributed by atoms with Crippen molar-refractivity contribution in [3.05, 3.63) is 35.8 Å². The lowest BCUT2D eigenvalue weighted by Gasteiger charge is -2.39. The fraction of sp³-hybridized carbons (Fsp3) is 0.333. The molecule has 0 aliphatic carbocycles. The molecule has 0 amide bonds. The number of H-pyrrole nitrogens is 1. The largest absolute Gasteiger partial charge is 0.669 e. The number of hydrogen-bond acceptors (Lipinski definition) is 8. The summed E-state index contributed by atoms with van der Waals surface area (Å²) in [4.78, 5) is 18.0. The number of aromatic carboxylic acids is 1. The van der Waals surface area contributed by atoms with E-state index in [1.54, 1.807) is 6.07 Å². The maximum atomic E-state index is 12.3. The average molecular weight is 410 g/mol. The Hall–Kier alpha value is -2.61. The minimum Gasteiger partial charge on any atom is -0.669 e. The van der Waals surface area contributed by atoms with Gasteiger partial charge in [-0.25, -0.2) is 18.2 Å². The van der Waals surface area contributed by atoms with Crippen molar-refractivity contribution in [3.8, 4) is 11.5 Å². The molecule has 0 unspecified atom stereocenters. The number of aromatic amines is 1. The molecule has 150 valence electrons. The van der Waals surface area contributed by atoms with Gasteiger partial charge >= 0.3 is 12.7 Å². The van der Waals surface area contributed by atoms with Crippen LogP contribution >= 0.6 is 0 Å². The number of hydrogen-bond donors (Lipinski definition) is 4. The topological polar surface area (TPSA) is 162 Å². The van der Waals surface area contributed by atoms with Gasteiger partial charge in [0.1, 0.15) is 17.4 Å². The summed E-state index contributed by atoms with van der Waals surface area (Å²) in [6.07, 6.45) is 2.12. The number of rotatable bonds is 5. The molecule has 4 N–H and O–H groups in total. The van der Waals surface area contributed by atoms with Gasteiger partial charge in [0.15, 0.2) is 5.03 Å². The number of carboxylic acids is 1. The Morgan fingerprint density at radius 1 is 1.36 bits per heavy atom. The van der Waals surface area contributed by atoms with E-state index in [4.69, 9.17) is 9.39 Å². The molecule has 13 heteroatoms. The van der Waals surface area contributed by atoms with E-state index >= 15 is 0 Å². The van der Waals surface area contributed by atoms with Crippen LogP contribution in [0.5, 0.6) is 11.5 Å². The molecule has 28 heavy (non-hydrogen) atoms. The van der Waals surface area contributed by atoms with Crippen LogP contribution in [0.2, 0.25) is 6.32 Å². The number of nitrogens with zero attached hydrogens (tertiary/aromatic N) is 2. The summed E-state index contributed by atoms with van der Waals surface area (Å²) in [5.74, 6) is -1.51. The third-order valence-corrected chi connectivity index (χ3v) is 6.47. The monoisotopic (exact) mass is 410 g/mol. The summed E-state index contributed by atoms with van der Waals surface area (Å²) in [5, 5.41) is 29.0. The maximum Gasteiger partial charge on any atom is 0.430 e. The highest BCUT2D eigenvalue weighted by Gasteiger charge is 2.40.